The second-order valence-corrected chi connectivity index (χ2v) is 6.20. The normalized spacial score (nSPS) is 11.0. The van der Waals surface area contributed by atoms with Gasteiger partial charge >= 0.3 is 0 Å². The lowest BCUT2D eigenvalue weighted by atomic mass is 10.2. The van der Waals surface area contributed by atoms with E-state index in [2.05, 4.69) is 15.6 Å². The fraction of sp³-hybridized carbons (Fsp3) is 0.300. The molecule has 0 heterocycles. The van der Waals surface area contributed by atoms with E-state index in [1.54, 1.807) is 31.3 Å². The summed E-state index contributed by atoms with van der Waals surface area (Å²) in [5.41, 5.74) is 0.471. The molecule has 6 nitrogen and oxygen atoms in total. The van der Waals surface area contributed by atoms with Crippen molar-refractivity contribution in [2.24, 2.45) is 4.99 Å². The second kappa shape index (κ2) is 11.1. The van der Waals surface area contributed by atoms with Gasteiger partial charge in [0.05, 0.1) is 17.1 Å². The van der Waals surface area contributed by atoms with Gasteiger partial charge in [0.2, 0.25) is 0 Å². The number of halogens is 1. The van der Waals surface area contributed by atoms with E-state index in [9.17, 15) is 4.79 Å². The van der Waals surface area contributed by atoms with Crippen LogP contribution in [-0.2, 0) is 0 Å². The van der Waals surface area contributed by atoms with Gasteiger partial charge in [-0.15, -0.1) is 0 Å². The summed E-state index contributed by atoms with van der Waals surface area (Å²) in [6.07, 6.45) is 0. The zero-order valence-electron chi connectivity index (χ0n) is 15.6. The summed E-state index contributed by atoms with van der Waals surface area (Å²) in [5, 5.41) is 6.49. The monoisotopic (exact) mass is 388 g/mol. The maximum atomic E-state index is 12.1. The molecule has 0 aromatic heterocycles. The zero-order chi connectivity index (χ0) is 19.5. The highest BCUT2D eigenvalue weighted by Gasteiger charge is 2.09. The van der Waals surface area contributed by atoms with Crippen molar-refractivity contribution in [1.82, 2.24) is 15.5 Å². The van der Waals surface area contributed by atoms with E-state index in [-0.39, 0.29) is 5.91 Å². The number of hydrogen-bond donors (Lipinski definition) is 2. The minimum absolute atomic E-state index is 0.193. The molecule has 2 aromatic carbocycles. The van der Waals surface area contributed by atoms with E-state index in [1.807, 2.05) is 42.3 Å². The minimum Gasteiger partial charge on any atom is -0.492 e. The molecule has 0 bridgehead atoms. The second-order valence-electron chi connectivity index (χ2n) is 5.79. The van der Waals surface area contributed by atoms with E-state index >= 15 is 0 Å². The van der Waals surface area contributed by atoms with Crippen LogP contribution >= 0.6 is 11.6 Å². The fourth-order valence-electron chi connectivity index (χ4n) is 2.40. The van der Waals surface area contributed by atoms with E-state index in [1.165, 1.54) is 0 Å². The zero-order valence-corrected chi connectivity index (χ0v) is 16.4. The molecule has 2 rings (SSSR count). The van der Waals surface area contributed by atoms with E-state index in [0.717, 1.165) is 11.7 Å². The van der Waals surface area contributed by atoms with Crippen molar-refractivity contribution in [3.05, 3.63) is 65.2 Å². The number of carbonyl (C=O) groups is 1. The standard InChI is InChI=1S/C20H25ClN4O2/c1-22-20(25(2)14-15-27-16-8-4-3-5-9-16)24-13-12-23-19(26)17-10-6-7-11-18(17)21/h3-11H,12-15H2,1-2H3,(H,22,24)(H,23,26). The summed E-state index contributed by atoms with van der Waals surface area (Å²) in [6, 6.07) is 16.7. The van der Waals surface area contributed by atoms with Crippen LogP contribution in [0.5, 0.6) is 5.75 Å². The molecule has 0 unspecified atom stereocenters. The third-order valence-corrected chi connectivity index (χ3v) is 4.15. The fourth-order valence-corrected chi connectivity index (χ4v) is 2.62. The largest absolute Gasteiger partial charge is 0.492 e. The van der Waals surface area contributed by atoms with Gasteiger partial charge in [-0.05, 0) is 24.3 Å². The Kier molecular flexibility index (Phi) is 8.45. The van der Waals surface area contributed by atoms with Gasteiger partial charge in [-0.2, -0.15) is 0 Å². The lowest BCUT2D eigenvalue weighted by Crippen LogP contribution is -2.43. The van der Waals surface area contributed by atoms with Crippen molar-refractivity contribution in [1.29, 1.82) is 0 Å². The van der Waals surface area contributed by atoms with Crippen LogP contribution in [0.15, 0.2) is 59.6 Å². The van der Waals surface area contributed by atoms with Gasteiger partial charge in [0.25, 0.3) is 5.91 Å². The molecule has 0 spiro atoms. The Balaban J connectivity index is 1.68. The van der Waals surface area contributed by atoms with Crippen molar-refractivity contribution in [3.8, 4) is 5.75 Å². The first-order valence-corrected chi connectivity index (χ1v) is 9.12. The number of carbonyl (C=O) groups excluding carboxylic acids is 1. The number of amides is 1. The summed E-state index contributed by atoms with van der Waals surface area (Å²) in [4.78, 5) is 18.3. The number of likely N-dealkylation sites (N-methyl/N-ethyl adjacent to an activating group) is 1. The molecule has 0 saturated heterocycles. The van der Waals surface area contributed by atoms with Crippen molar-refractivity contribution < 1.29 is 9.53 Å². The molecule has 0 radical (unpaired) electrons. The van der Waals surface area contributed by atoms with Crippen molar-refractivity contribution in [2.75, 3.05) is 40.3 Å². The lowest BCUT2D eigenvalue weighted by Gasteiger charge is -2.22. The molecule has 0 aliphatic carbocycles. The number of hydrogen-bond acceptors (Lipinski definition) is 3. The van der Waals surface area contributed by atoms with Gasteiger partial charge in [-0.25, -0.2) is 0 Å². The molecule has 0 saturated carbocycles. The van der Waals surface area contributed by atoms with Crippen molar-refractivity contribution in [3.63, 3.8) is 0 Å². The molecule has 0 aliphatic heterocycles. The van der Waals surface area contributed by atoms with Crippen LogP contribution < -0.4 is 15.4 Å². The molecule has 144 valence electrons. The molecule has 2 N–H and O–H groups in total. The van der Waals surface area contributed by atoms with Crippen LogP contribution in [0.3, 0.4) is 0 Å². The Morgan fingerprint density at radius 1 is 1.07 bits per heavy atom. The maximum Gasteiger partial charge on any atom is 0.252 e. The molecule has 27 heavy (non-hydrogen) atoms. The van der Waals surface area contributed by atoms with Gasteiger partial charge in [0, 0.05) is 27.2 Å². The number of guanidine groups is 1. The first kappa shape index (κ1) is 20.6. The van der Waals surface area contributed by atoms with Crippen LogP contribution in [0.4, 0.5) is 0 Å². The molecule has 0 atom stereocenters. The Morgan fingerprint density at radius 3 is 2.44 bits per heavy atom. The van der Waals surface area contributed by atoms with Crippen LogP contribution in [-0.4, -0.2) is 57.1 Å². The molecular weight excluding hydrogens is 364 g/mol. The first-order chi connectivity index (χ1) is 13.1. The molecule has 2 aromatic rings. The van der Waals surface area contributed by atoms with Crippen LogP contribution in [0, 0.1) is 0 Å². The van der Waals surface area contributed by atoms with Crippen molar-refractivity contribution >= 4 is 23.5 Å². The summed E-state index contributed by atoms with van der Waals surface area (Å²) >= 11 is 6.03. The number of nitrogens with one attached hydrogen (secondary N) is 2. The summed E-state index contributed by atoms with van der Waals surface area (Å²) in [5.74, 6) is 1.39. The Morgan fingerprint density at radius 2 is 1.74 bits per heavy atom. The van der Waals surface area contributed by atoms with Gasteiger partial charge in [-0.1, -0.05) is 41.9 Å². The highest BCUT2D eigenvalue weighted by Crippen LogP contribution is 2.14. The number of aliphatic imine (C=N–C) groups is 1. The number of ether oxygens (including phenoxy) is 1. The number of benzene rings is 2. The Labute approximate surface area is 165 Å². The van der Waals surface area contributed by atoms with E-state index in [4.69, 9.17) is 16.3 Å². The molecule has 0 aliphatic rings. The van der Waals surface area contributed by atoms with Gasteiger partial charge in [0.15, 0.2) is 5.96 Å². The topological polar surface area (TPSA) is 66.0 Å². The van der Waals surface area contributed by atoms with Crippen LogP contribution in [0.25, 0.3) is 0 Å². The summed E-state index contributed by atoms with van der Waals surface area (Å²) in [6.45, 7) is 2.23. The third kappa shape index (κ3) is 6.83. The van der Waals surface area contributed by atoms with Crippen molar-refractivity contribution in [2.45, 2.75) is 0 Å². The Hall–Kier alpha value is -2.73. The van der Waals surface area contributed by atoms with Gasteiger partial charge in [-0.3, -0.25) is 9.79 Å². The van der Waals surface area contributed by atoms with Crippen LogP contribution in [0.2, 0.25) is 5.02 Å². The highest BCUT2D eigenvalue weighted by atomic mass is 35.5. The minimum atomic E-state index is -0.193. The van der Waals surface area contributed by atoms with Crippen LogP contribution in [0.1, 0.15) is 10.4 Å². The number of para-hydroxylation sites is 1. The van der Waals surface area contributed by atoms with E-state index < -0.39 is 0 Å². The number of rotatable bonds is 8. The SMILES string of the molecule is CN=C(NCCNC(=O)c1ccccc1Cl)N(C)CCOc1ccccc1. The summed E-state index contributed by atoms with van der Waals surface area (Å²) in [7, 11) is 3.66. The molecule has 1 amide bonds. The average Bonchev–Trinajstić information content (AvgIpc) is 2.69. The van der Waals surface area contributed by atoms with Gasteiger partial charge < -0.3 is 20.3 Å². The highest BCUT2D eigenvalue weighted by molar-refractivity contribution is 6.33. The predicted molar refractivity (Wildman–Crippen MR) is 110 cm³/mol. The molecular formula is C20H25ClN4O2. The van der Waals surface area contributed by atoms with E-state index in [0.29, 0.717) is 36.8 Å². The molecule has 0 fully saturated rings. The molecule has 7 heteroatoms. The number of nitrogens with zero attached hydrogens (tertiary/aromatic N) is 2. The quantitative estimate of drug-likeness (QED) is 0.414. The maximum absolute atomic E-state index is 12.1. The van der Waals surface area contributed by atoms with Gasteiger partial charge in [0.1, 0.15) is 12.4 Å². The summed E-state index contributed by atoms with van der Waals surface area (Å²) < 4.78 is 5.69. The predicted octanol–water partition coefficient (Wildman–Crippen LogP) is 2.66. The smallest absolute Gasteiger partial charge is 0.252 e. The average molecular weight is 389 g/mol. The lowest BCUT2D eigenvalue weighted by molar-refractivity contribution is 0.0954. The first-order valence-electron chi connectivity index (χ1n) is 8.74. The third-order valence-electron chi connectivity index (χ3n) is 3.82. The Bertz CT molecular complexity index is 753.